The van der Waals surface area contributed by atoms with E-state index >= 15 is 0 Å². The molecule has 3 unspecified atom stereocenters. The SMILES string of the molecule is CCCCCCCC/C=C/CCCCCCCCCCCCCC(=O)OC(/C=C/CCCCCCCCCCC)C(COP(=O)(O)OCC[N+](C)(C)C)NC(=O)CCCCCCCCCCCCCCCCCCCCCCCCC. The van der Waals surface area contributed by atoms with E-state index in [0.717, 1.165) is 57.8 Å². The third-order valence-electron chi connectivity index (χ3n) is 16.4. The molecule has 0 radical (unpaired) electrons. The number of hydrogen-bond donors (Lipinski definition) is 2. The Morgan fingerprint density at radius 1 is 0.420 bits per heavy atom. The van der Waals surface area contributed by atoms with Gasteiger partial charge in [0, 0.05) is 12.8 Å². The number of allylic oxidation sites excluding steroid dienone is 3. The number of phosphoric ester groups is 1. The van der Waals surface area contributed by atoms with Gasteiger partial charge < -0.3 is 19.4 Å². The minimum absolute atomic E-state index is 0.0442. The topological polar surface area (TPSA) is 111 Å². The predicted octanol–water partition coefficient (Wildman–Crippen LogP) is 22.5. The molecule has 2 N–H and O–H groups in total. The molecule has 0 heterocycles. The van der Waals surface area contributed by atoms with Crippen molar-refractivity contribution in [1.29, 1.82) is 0 Å². The van der Waals surface area contributed by atoms with Gasteiger partial charge in [-0.25, -0.2) is 4.57 Å². The normalized spacial score (nSPS) is 13.6. The lowest BCUT2D eigenvalue weighted by molar-refractivity contribution is -0.870. The molecule has 0 aliphatic rings. The summed E-state index contributed by atoms with van der Waals surface area (Å²) in [5.41, 5.74) is 0. The molecule has 1 amide bonds. The van der Waals surface area contributed by atoms with Gasteiger partial charge in [-0.1, -0.05) is 322 Å². The number of likely N-dealkylation sites (N-methyl/N-ethyl adjacent to an activating group) is 1. The number of amides is 1. The summed E-state index contributed by atoms with van der Waals surface area (Å²) < 4.78 is 30.8. The molecule has 0 aromatic rings. The number of unbranched alkanes of at least 4 members (excludes halogenated alkanes) is 48. The van der Waals surface area contributed by atoms with Gasteiger partial charge in [0.2, 0.25) is 5.91 Å². The number of phosphoric acid groups is 1. The predicted molar refractivity (Wildman–Crippen MR) is 351 cm³/mol. The molecule has 0 saturated carbocycles. The Morgan fingerprint density at radius 2 is 0.716 bits per heavy atom. The minimum Gasteiger partial charge on any atom is -0.456 e. The molecule has 0 aromatic carbocycles. The molecule has 10 heteroatoms. The van der Waals surface area contributed by atoms with Crippen molar-refractivity contribution in [3.05, 3.63) is 24.3 Å². The van der Waals surface area contributed by atoms with Gasteiger partial charge in [-0.15, -0.1) is 0 Å². The zero-order valence-electron chi connectivity index (χ0n) is 55.1. The van der Waals surface area contributed by atoms with Gasteiger partial charge in [0.15, 0.2) is 0 Å². The van der Waals surface area contributed by atoms with Crippen LogP contribution in [0, 0.1) is 0 Å². The van der Waals surface area contributed by atoms with Gasteiger partial charge >= 0.3 is 13.8 Å². The first-order valence-corrected chi connectivity index (χ1v) is 37.2. The van der Waals surface area contributed by atoms with Crippen LogP contribution in [0.5, 0.6) is 0 Å². The molecule has 0 rings (SSSR count). The lowest BCUT2D eigenvalue weighted by Crippen LogP contribution is -2.47. The zero-order valence-corrected chi connectivity index (χ0v) is 56.0. The van der Waals surface area contributed by atoms with Gasteiger partial charge in [0.1, 0.15) is 19.3 Å². The van der Waals surface area contributed by atoms with Gasteiger partial charge in [-0.05, 0) is 57.4 Å². The van der Waals surface area contributed by atoms with Crippen LogP contribution in [-0.2, 0) is 27.9 Å². The van der Waals surface area contributed by atoms with E-state index in [4.69, 9.17) is 13.8 Å². The van der Waals surface area contributed by atoms with Crippen LogP contribution in [-0.4, -0.2) is 74.3 Å². The maximum atomic E-state index is 13.6. The second-order valence-electron chi connectivity index (χ2n) is 25.8. The number of hydrogen-bond acceptors (Lipinski definition) is 6. The maximum absolute atomic E-state index is 13.6. The van der Waals surface area contributed by atoms with Crippen molar-refractivity contribution in [2.75, 3.05) is 40.9 Å². The van der Waals surface area contributed by atoms with Gasteiger partial charge in [0.25, 0.3) is 0 Å². The Hall–Kier alpha value is -1.51. The first-order valence-electron chi connectivity index (χ1n) is 35.7. The van der Waals surface area contributed by atoms with E-state index in [-0.39, 0.29) is 25.1 Å². The summed E-state index contributed by atoms with van der Waals surface area (Å²) in [6.45, 7) is 7.07. The van der Waals surface area contributed by atoms with Gasteiger partial charge in [0.05, 0.1) is 33.8 Å². The fraction of sp³-hybridized carbons (Fsp3) is 0.915. The maximum Gasteiger partial charge on any atom is 0.472 e. The van der Waals surface area contributed by atoms with Gasteiger partial charge in [-0.2, -0.15) is 0 Å². The summed E-state index contributed by atoms with van der Waals surface area (Å²) >= 11 is 0. The molecule has 81 heavy (non-hydrogen) atoms. The standard InChI is InChI=1S/C71H139N2O7P/c1-7-10-13-16-19-22-25-27-29-31-33-35-36-38-39-41-43-45-48-51-54-57-60-63-70(74)72-68(67-79-81(76,77)78-66-65-73(4,5)6)69(62-59-56-53-50-47-24-21-18-15-12-9-3)80-71(75)64-61-58-55-52-49-46-44-42-40-37-34-32-30-28-26-23-20-17-14-11-8-2/h28,30,59,62,68-69H,7-27,29,31-58,60-61,63-67H2,1-6H3,(H-,72,74,76,77)/p+1/b30-28+,62-59+. The summed E-state index contributed by atoms with van der Waals surface area (Å²) in [5, 5.41) is 3.08. The first kappa shape index (κ1) is 79.5. The van der Waals surface area contributed by atoms with Crippen LogP contribution in [0.4, 0.5) is 0 Å². The van der Waals surface area contributed by atoms with E-state index in [1.54, 1.807) is 0 Å². The van der Waals surface area contributed by atoms with Crippen LogP contribution in [0.25, 0.3) is 0 Å². The molecule has 0 aromatic heterocycles. The van der Waals surface area contributed by atoms with E-state index in [9.17, 15) is 19.0 Å². The second-order valence-corrected chi connectivity index (χ2v) is 27.2. The quantitative estimate of drug-likeness (QED) is 0.0205. The van der Waals surface area contributed by atoms with Crippen LogP contribution in [0.1, 0.15) is 367 Å². The van der Waals surface area contributed by atoms with Crippen molar-refractivity contribution in [3.63, 3.8) is 0 Å². The number of esters is 1. The summed E-state index contributed by atoms with van der Waals surface area (Å²) in [5.74, 6) is -0.484. The molecular formula is C71H140N2O7P+. The number of carbonyl (C=O) groups is 2. The highest BCUT2D eigenvalue weighted by atomic mass is 31.2. The lowest BCUT2D eigenvalue weighted by Gasteiger charge is -2.27. The number of rotatable bonds is 66. The lowest BCUT2D eigenvalue weighted by atomic mass is 10.0. The molecule has 0 fully saturated rings. The summed E-state index contributed by atoms with van der Waals surface area (Å²) in [4.78, 5) is 37.9. The van der Waals surface area contributed by atoms with E-state index in [1.807, 2.05) is 33.3 Å². The Morgan fingerprint density at radius 3 is 1.05 bits per heavy atom. The largest absolute Gasteiger partial charge is 0.472 e. The van der Waals surface area contributed by atoms with E-state index in [1.165, 1.54) is 276 Å². The Labute approximate surface area is 504 Å². The average molecular weight is 1160 g/mol. The molecule has 9 nitrogen and oxygen atoms in total. The highest BCUT2D eigenvalue weighted by molar-refractivity contribution is 7.47. The Balaban J connectivity index is 5.00. The van der Waals surface area contributed by atoms with Crippen molar-refractivity contribution in [2.24, 2.45) is 0 Å². The molecule has 0 aliphatic heterocycles. The van der Waals surface area contributed by atoms with Crippen LogP contribution in [0.15, 0.2) is 24.3 Å². The monoisotopic (exact) mass is 1160 g/mol. The average Bonchev–Trinajstić information content (AvgIpc) is 3.43. The number of nitrogens with zero attached hydrogens (tertiary/aromatic N) is 1. The van der Waals surface area contributed by atoms with E-state index in [2.05, 4.69) is 38.2 Å². The molecule has 0 spiro atoms. The number of carbonyl (C=O) groups excluding carboxylic acids is 2. The molecule has 0 saturated heterocycles. The number of quaternary nitrogens is 1. The molecular weight excluding hydrogens is 1020 g/mol. The fourth-order valence-electron chi connectivity index (χ4n) is 10.9. The molecule has 480 valence electrons. The van der Waals surface area contributed by atoms with Crippen molar-refractivity contribution in [2.45, 2.75) is 380 Å². The summed E-state index contributed by atoms with van der Waals surface area (Å²) in [6, 6.07) is -0.843. The summed E-state index contributed by atoms with van der Waals surface area (Å²) in [7, 11) is 1.52. The smallest absolute Gasteiger partial charge is 0.456 e. The molecule has 0 bridgehead atoms. The molecule has 0 aliphatic carbocycles. The van der Waals surface area contributed by atoms with Crippen LogP contribution in [0.3, 0.4) is 0 Å². The van der Waals surface area contributed by atoms with Gasteiger partial charge in [-0.3, -0.25) is 18.6 Å². The summed E-state index contributed by atoms with van der Waals surface area (Å²) in [6.07, 6.45) is 74.8. The zero-order chi connectivity index (χ0) is 59.3. The first-order chi connectivity index (χ1) is 39.4. The van der Waals surface area contributed by atoms with Crippen molar-refractivity contribution in [3.8, 4) is 0 Å². The second kappa shape index (κ2) is 61.6. The van der Waals surface area contributed by atoms with Crippen LogP contribution >= 0.6 is 7.82 Å². The highest BCUT2D eigenvalue weighted by Gasteiger charge is 2.30. The van der Waals surface area contributed by atoms with E-state index in [0.29, 0.717) is 23.9 Å². The number of ether oxygens (including phenoxy) is 1. The Kier molecular flexibility index (Phi) is 60.4. The van der Waals surface area contributed by atoms with Crippen molar-refractivity contribution < 1.29 is 37.3 Å². The third kappa shape index (κ3) is 62.8. The van der Waals surface area contributed by atoms with Crippen molar-refractivity contribution >= 4 is 19.7 Å². The highest BCUT2D eigenvalue weighted by Crippen LogP contribution is 2.43. The van der Waals surface area contributed by atoms with Crippen molar-refractivity contribution in [1.82, 2.24) is 5.32 Å². The molecule has 3 atom stereocenters. The van der Waals surface area contributed by atoms with Crippen LogP contribution < -0.4 is 5.32 Å². The van der Waals surface area contributed by atoms with Crippen LogP contribution in [0.2, 0.25) is 0 Å². The fourth-order valence-corrected chi connectivity index (χ4v) is 11.6. The van der Waals surface area contributed by atoms with E-state index < -0.39 is 20.0 Å². The minimum atomic E-state index is -4.45. The number of nitrogens with one attached hydrogen (secondary N) is 1. The Bertz CT molecular complexity index is 1430. The third-order valence-corrected chi connectivity index (χ3v) is 17.4.